The monoisotopic (exact) mass is 337 g/mol. The molecule has 0 radical (unpaired) electrons. The van der Waals surface area contributed by atoms with Crippen molar-refractivity contribution < 1.29 is 9.50 Å². The molecule has 1 aliphatic rings. The van der Waals surface area contributed by atoms with Crippen LogP contribution in [0.5, 0.6) is 5.75 Å². The van der Waals surface area contributed by atoms with Gasteiger partial charge in [-0.25, -0.2) is 4.39 Å². The topological polar surface area (TPSA) is 39.6 Å². The lowest BCUT2D eigenvalue weighted by Gasteiger charge is -2.36. The van der Waals surface area contributed by atoms with Gasteiger partial charge in [0.1, 0.15) is 17.1 Å². The van der Waals surface area contributed by atoms with Crippen LogP contribution in [0.4, 0.5) is 10.1 Å². The van der Waals surface area contributed by atoms with Crippen molar-refractivity contribution in [3.05, 3.63) is 66.1 Å². The van der Waals surface area contributed by atoms with E-state index in [0.717, 1.165) is 43.8 Å². The van der Waals surface area contributed by atoms with Crippen molar-refractivity contribution in [1.29, 1.82) is 0 Å². The first-order chi connectivity index (χ1) is 12.2. The first-order valence-corrected chi connectivity index (χ1v) is 8.49. The van der Waals surface area contributed by atoms with E-state index in [2.05, 4.69) is 14.8 Å². The Labute approximate surface area is 146 Å². The summed E-state index contributed by atoms with van der Waals surface area (Å²) in [7, 11) is 0. The lowest BCUT2D eigenvalue weighted by atomic mass is 10.1. The molecule has 0 bridgehead atoms. The number of anilines is 1. The second kappa shape index (κ2) is 6.69. The molecule has 2 aromatic carbocycles. The van der Waals surface area contributed by atoms with Crippen molar-refractivity contribution in [2.45, 2.75) is 6.54 Å². The van der Waals surface area contributed by atoms with Crippen molar-refractivity contribution in [2.75, 3.05) is 31.1 Å². The fourth-order valence-electron chi connectivity index (χ4n) is 3.41. The van der Waals surface area contributed by atoms with Crippen LogP contribution in [0.25, 0.3) is 10.9 Å². The third-order valence-electron chi connectivity index (χ3n) is 4.80. The second-order valence-corrected chi connectivity index (χ2v) is 6.38. The van der Waals surface area contributed by atoms with Gasteiger partial charge >= 0.3 is 0 Å². The predicted molar refractivity (Wildman–Crippen MR) is 97.3 cm³/mol. The molecule has 3 aromatic rings. The minimum absolute atomic E-state index is 0.199. The predicted octanol–water partition coefficient (Wildman–Crippen LogP) is 3.40. The Kier molecular flexibility index (Phi) is 4.24. The zero-order valence-corrected chi connectivity index (χ0v) is 13.9. The molecule has 0 amide bonds. The highest BCUT2D eigenvalue weighted by atomic mass is 19.1. The molecule has 1 saturated heterocycles. The van der Waals surface area contributed by atoms with Crippen LogP contribution in [0.15, 0.2) is 54.7 Å². The van der Waals surface area contributed by atoms with Crippen molar-refractivity contribution in [3.8, 4) is 5.75 Å². The van der Waals surface area contributed by atoms with Gasteiger partial charge in [-0.1, -0.05) is 12.1 Å². The zero-order chi connectivity index (χ0) is 17.2. The van der Waals surface area contributed by atoms with Gasteiger partial charge in [-0.3, -0.25) is 9.88 Å². The third kappa shape index (κ3) is 3.28. The van der Waals surface area contributed by atoms with Gasteiger partial charge in [-0.15, -0.1) is 0 Å². The Balaban J connectivity index is 1.45. The van der Waals surface area contributed by atoms with Crippen LogP contribution in [0.3, 0.4) is 0 Å². The smallest absolute Gasteiger partial charge is 0.141 e. The molecule has 2 heterocycles. The normalized spacial score (nSPS) is 15.6. The number of rotatable bonds is 3. The number of aromatic nitrogens is 1. The number of piperazine rings is 1. The zero-order valence-electron chi connectivity index (χ0n) is 13.9. The number of phenolic OH excluding ortho intramolecular Hbond substituents is 1. The fraction of sp³-hybridized carbons (Fsp3) is 0.250. The van der Waals surface area contributed by atoms with Crippen molar-refractivity contribution in [3.63, 3.8) is 0 Å². The minimum atomic E-state index is -0.199. The van der Waals surface area contributed by atoms with Gasteiger partial charge in [-0.05, 0) is 42.0 Å². The van der Waals surface area contributed by atoms with E-state index < -0.39 is 0 Å². The van der Waals surface area contributed by atoms with Crippen LogP contribution in [0.1, 0.15) is 5.56 Å². The lowest BCUT2D eigenvalue weighted by molar-refractivity contribution is 0.250. The summed E-state index contributed by atoms with van der Waals surface area (Å²) in [5, 5.41) is 11.0. The summed E-state index contributed by atoms with van der Waals surface area (Å²) in [6.07, 6.45) is 1.70. The van der Waals surface area contributed by atoms with Gasteiger partial charge in [-0.2, -0.15) is 0 Å². The summed E-state index contributed by atoms with van der Waals surface area (Å²) in [5.74, 6) is 0.0238. The SMILES string of the molecule is Oc1ccc(CN2CCN(c3ccc(F)cc3)CC2)c2cccnc12. The second-order valence-electron chi connectivity index (χ2n) is 6.38. The average molecular weight is 337 g/mol. The van der Waals surface area contributed by atoms with Gasteiger partial charge in [0.05, 0.1) is 0 Å². The Morgan fingerprint density at radius 3 is 2.48 bits per heavy atom. The molecule has 4 rings (SSSR count). The highest BCUT2D eigenvalue weighted by molar-refractivity contribution is 5.87. The van der Waals surface area contributed by atoms with E-state index in [-0.39, 0.29) is 11.6 Å². The van der Waals surface area contributed by atoms with Crippen LogP contribution in [0, 0.1) is 5.82 Å². The van der Waals surface area contributed by atoms with Crippen molar-refractivity contribution >= 4 is 16.6 Å². The minimum Gasteiger partial charge on any atom is -0.506 e. The largest absolute Gasteiger partial charge is 0.506 e. The molecular formula is C20H20FN3O. The van der Waals surface area contributed by atoms with E-state index in [1.165, 1.54) is 17.7 Å². The molecule has 1 aliphatic heterocycles. The van der Waals surface area contributed by atoms with E-state index >= 15 is 0 Å². The Bertz CT molecular complexity index is 874. The van der Waals surface area contributed by atoms with Gasteiger partial charge in [0.25, 0.3) is 0 Å². The molecule has 1 N–H and O–H groups in total. The van der Waals surface area contributed by atoms with Crippen LogP contribution in [-0.2, 0) is 6.54 Å². The fourth-order valence-corrected chi connectivity index (χ4v) is 3.41. The summed E-state index contributed by atoms with van der Waals surface area (Å²) < 4.78 is 13.1. The number of aromatic hydroxyl groups is 1. The number of pyridine rings is 1. The molecule has 4 nitrogen and oxygen atoms in total. The maximum absolute atomic E-state index is 13.1. The van der Waals surface area contributed by atoms with Crippen LogP contribution in [0.2, 0.25) is 0 Å². The molecule has 1 aromatic heterocycles. The number of benzene rings is 2. The number of hydrogen-bond donors (Lipinski definition) is 1. The van der Waals surface area contributed by atoms with E-state index in [1.54, 1.807) is 12.3 Å². The van der Waals surface area contributed by atoms with Crippen LogP contribution >= 0.6 is 0 Å². The summed E-state index contributed by atoms with van der Waals surface area (Å²) in [6.45, 7) is 4.56. The van der Waals surface area contributed by atoms with Crippen molar-refractivity contribution in [2.24, 2.45) is 0 Å². The first kappa shape index (κ1) is 15.8. The molecule has 5 heteroatoms. The van der Waals surface area contributed by atoms with E-state index in [0.29, 0.717) is 5.52 Å². The average Bonchev–Trinajstić information content (AvgIpc) is 2.66. The number of fused-ring (bicyclic) bond motifs is 1. The van der Waals surface area contributed by atoms with E-state index in [1.807, 2.05) is 30.3 Å². The number of nitrogens with zero attached hydrogens (tertiary/aromatic N) is 3. The Morgan fingerprint density at radius 1 is 0.960 bits per heavy atom. The number of hydrogen-bond acceptors (Lipinski definition) is 4. The third-order valence-corrected chi connectivity index (χ3v) is 4.80. The van der Waals surface area contributed by atoms with Crippen LogP contribution < -0.4 is 4.90 Å². The van der Waals surface area contributed by atoms with E-state index in [4.69, 9.17) is 0 Å². The van der Waals surface area contributed by atoms with Crippen molar-refractivity contribution in [1.82, 2.24) is 9.88 Å². The van der Waals surface area contributed by atoms with Crippen LogP contribution in [-0.4, -0.2) is 41.2 Å². The lowest BCUT2D eigenvalue weighted by Crippen LogP contribution is -2.46. The highest BCUT2D eigenvalue weighted by Gasteiger charge is 2.18. The van der Waals surface area contributed by atoms with Gasteiger partial charge in [0, 0.05) is 50.0 Å². The number of phenols is 1. The summed E-state index contributed by atoms with van der Waals surface area (Å²) in [5.41, 5.74) is 2.90. The van der Waals surface area contributed by atoms with Gasteiger partial charge in [0.15, 0.2) is 0 Å². The maximum atomic E-state index is 13.1. The van der Waals surface area contributed by atoms with Gasteiger partial charge < -0.3 is 10.0 Å². The summed E-state index contributed by atoms with van der Waals surface area (Å²) >= 11 is 0. The standard InChI is InChI=1S/C20H20FN3O/c21-16-4-6-17(7-5-16)24-12-10-23(11-13-24)14-15-3-8-19(25)20-18(15)2-1-9-22-20/h1-9,25H,10-14H2. The molecule has 0 aliphatic carbocycles. The molecule has 0 atom stereocenters. The molecule has 0 spiro atoms. The summed E-state index contributed by atoms with van der Waals surface area (Å²) in [6, 6.07) is 14.3. The van der Waals surface area contributed by atoms with E-state index in [9.17, 15) is 9.50 Å². The highest BCUT2D eigenvalue weighted by Crippen LogP contribution is 2.27. The maximum Gasteiger partial charge on any atom is 0.141 e. The molecule has 0 saturated carbocycles. The molecule has 0 unspecified atom stereocenters. The van der Waals surface area contributed by atoms with Gasteiger partial charge in [0.2, 0.25) is 0 Å². The molecule has 128 valence electrons. The molecule has 25 heavy (non-hydrogen) atoms. The number of halogens is 1. The summed E-state index contributed by atoms with van der Waals surface area (Å²) in [4.78, 5) is 8.97. The molecule has 1 fully saturated rings. The molecular weight excluding hydrogens is 317 g/mol. The Hall–Kier alpha value is -2.66. The first-order valence-electron chi connectivity index (χ1n) is 8.49. The Morgan fingerprint density at radius 2 is 1.72 bits per heavy atom. The quantitative estimate of drug-likeness (QED) is 0.795.